The summed E-state index contributed by atoms with van der Waals surface area (Å²) in [6, 6.07) is 22.5. The molecule has 3 N–H and O–H groups in total. The van der Waals surface area contributed by atoms with E-state index in [4.69, 9.17) is 0 Å². The molecule has 33 heavy (non-hydrogen) atoms. The number of hydrogen-bond acceptors (Lipinski definition) is 3. The first-order chi connectivity index (χ1) is 16.0. The number of aromatic nitrogens is 1. The number of likely N-dealkylation sites (tertiary alicyclic amines) is 1. The van der Waals surface area contributed by atoms with E-state index in [2.05, 4.69) is 22.0 Å². The lowest BCUT2D eigenvalue weighted by molar-refractivity contribution is -0.105. The molecule has 0 spiro atoms. The van der Waals surface area contributed by atoms with Crippen LogP contribution in [0.3, 0.4) is 0 Å². The second-order valence-corrected chi connectivity index (χ2v) is 9.74. The van der Waals surface area contributed by atoms with Crippen molar-refractivity contribution in [3.63, 3.8) is 0 Å². The number of nitrogens with one attached hydrogen (secondary N) is 1. The van der Waals surface area contributed by atoms with Crippen molar-refractivity contribution in [1.29, 1.82) is 0 Å². The van der Waals surface area contributed by atoms with Gasteiger partial charge in [0.2, 0.25) is 0 Å². The molecule has 2 aliphatic rings. The molecule has 4 aromatic rings. The Labute approximate surface area is 192 Å². The highest BCUT2D eigenvalue weighted by molar-refractivity contribution is 5.85. The Bertz CT molecular complexity index is 1330. The van der Waals surface area contributed by atoms with Gasteiger partial charge in [0.25, 0.3) is 0 Å². The number of aromatic hydroxyl groups is 1. The third-order valence-electron chi connectivity index (χ3n) is 7.78. The Morgan fingerprint density at radius 3 is 2.64 bits per heavy atom. The Hall–Kier alpha value is -3.15. The average molecular weight is 443 g/mol. The maximum atomic E-state index is 14.1. The number of fused-ring (bicyclic) bond motifs is 4. The number of β-amino-alcohol motifs (C(OH)–C–C–N with tert-alkyl or cyclic N) is 1. The first kappa shape index (κ1) is 20.5. The largest absolute Gasteiger partial charge is 0.508 e. The van der Waals surface area contributed by atoms with Gasteiger partial charge >= 0.3 is 0 Å². The maximum absolute atomic E-state index is 14.1. The van der Waals surface area contributed by atoms with Crippen molar-refractivity contribution < 1.29 is 14.6 Å². The SMILES string of the molecule is Oc1cccc([C@@]23CCN(Cc4ccccc4)C[C@@]2(O)Cc2c([nH]c4ccc(F)cc24)C3)c1. The van der Waals surface area contributed by atoms with Crippen LogP contribution >= 0.6 is 0 Å². The summed E-state index contributed by atoms with van der Waals surface area (Å²) in [4.78, 5) is 5.82. The van der Waals surface area contributed by atoms with Crippen LogP contribution in [0.25, 0.3) is 10.9 Å². The topological polar surface area (TPSA) is 59.5 Å². The molecule has 5 heteroatoms. The molecule has 1 saturated heterocycles. The van der Waals surface area contributed by atoms with Crippen molar-refractivity contribution in [2.24, 2.45) is 0 Å². The number of benzene rings is 3. The highest BCUT2D eigenvalue weighted by Crippen LogP contribution is 2.52. The van der Waals surface area contributed by atoms with E-state index in [-0.39, 0.29) is 11.6 Å². The summed E-state index contributed by atoms with van der Waals surface area (Å²) in [6.07, 6.45) is 1.83. The van der Waals surface area contributed by atoms with Crippen LogP contribution in [-0.4, -0.2) is 38.8 Å². The van der Waals surface area contributed by atoms with Crippen molar-refractivity contribution in [1.82, 2.24) is 9.88 Å². The minimum absolute atomic E-state index is 0.209. The third kappa shape index (κ3) is 3.26. The van der Waals surface area contributed by atoms with Gasteiger partial charge in [-0.15, -0.1) is 0 Å². The summed E-state index contributed by atoms with van der Waals surface area (Å²) in [5.74, 6) is -0.0593. The summed E-state index contributed by atoms with van der Waals surface area (Å²) in [7, 11) is 0. The van der Waals surface area contributed by atoms with Gasteiger partial charge in [-0.1, -0.05) is 42.5 Å². The summed E-state index contributed by atoms with van der Waals surface area (Å²) in [5.41, 5.74) is 3.55. The number of hydrogen-bond donors (Lipinski definition) is 3. The maximum Gasteiger partial charge on any atom is 0.123 e. The molecule has 168 valence electrons. The molecule has 3 aromatic carbocycles. The molecule has 1 aliphatic heterocycles. The minimum atomic E-state index is -1.05. The van der Waals surface area contributed by atoms with Crippen LogP contribution in [0.4, 0.5) is 4.39 Å². The predicted molar refractivity (Wildman–Crippen MR) is 127 cm³/mol. The van der Waals surface area contributed by atoms with Crippen molar-refractivity contribution in [2.75, 3.05) is 13.1 Å². The summed E-state index contributed by atoms with van der Waals surface area (Å²) in [6.45, 7) is 2.13. The van der Waals surface area contributed by atoms with Crippen molar-refractivity contribution in [2.45, 2.75) is 36.8 Å². The molecule has 0 saturated carbocycles. The Morgan fingerprint density at radius 1 is 0.970 bits per heavy atom. The lowest BCUT2D eigenvalue weighted by atomic mass is 9.56. The number of nitrogens with zero attached hydrogens (tertiary/aromatic N) is 1. The minimum Gasteiger partial charge on any atom is -0.508 e. The second-order valence-electron chi connectivity index (χ2n) is 9.74. The number of phenols is 1. The van der Waals surface area contributed by atoms with E-state index in [0.717, 1.165) is 47.2 Å². The second kappa shape index (κ2) is 7.44. The predicted octanol–water partition coefficient (Wildman–Crippen LogP) is 4.69. The van der Waals surface area contributed by atoms with Gasteiger partial charge in [-0.2, -0.15) is 0 Å². The normalized spacial score (nSPS) is 25.0. The zero-order valence-electron chi connectivity index (χ0n) is 18.4. The van der Waals surface area contributed by atoms with E-state index in [9.17, 15) is 14.6 Å². The molecule has 0 unspecified atom stereocenters. The Kier molecular flexibility index (Phi) is 4.61. The van der Waals surface area contributed by atoms with Crippen LogP contribution in [-0.2, 0) is 24.8 Å². The first-order valence-electron chi connectivity index (χ1n) is 11.5. The van der Waals surface area contributed by atoms with Crippen molar-refractivity contribution >= 4 is 10.9 Å². The Morgan fingerprint density at radius 2 is 1.82 bits per heavy atom. The molecule has 6 rings (SSSR count). The standard InChI is InChI=1S/C28H27FN2O2/c29-21-9-10-25-23(14-21)24-15-28(33)18-31(17-19-5-2-1-3-6-19)12-11-27(28,16-26(24)30-25)20-7-4-8-22(32)13-20/h1-10,13-14,30,32-33H,11-12,15-18H2/t27-,28-/m0/s1. The monoisotopic (exact) mass is 442 g/mol. The molecule has 4 nitrogen and oxygen atoms in total. The van der Waals surface area contributed by atoms with Gasteiger partial charge in [-0.05, 0) is 60.0 Å². The summed E-state index contributed by atoms with van der Waals surface area (Å²) in [5, 5.41) is 23.5. The number of phenolic OH excluding ortho intramolecular Hbond substituents is 1. The molecule has 0 amide bonds. The number of piperidine rings is 1. The molecule has 1 aromatic heterocycles. The van der Waals surface area contributed by atoms with E-state index < -0.39 is 11.0 Å². The lowest BCUT2D eigenvalue weighted by Gasteiger charge is -2.56. The average Bonchev–Trinajstić information content (AvgIpc) is 3.13. The van der Waals surface area contributed by atoms with Gasteiger partial charge in [0, 0.05) is 47.9 Å². The highest BCUT2D eigenvalue weighted by atomic mass is 19.1. The van der Waals surface area contributed by atoms with Gasteiger partial charge in [-0.25, -0.2) is 4.39 Å². The van der Waals surface area contributed by atoms with E-state index in [1.807, 2.05) is 30.3 Å². The zero-order chi connectivity index (χ0) is 22.6. The number of aromatic amines is 1. The number of rotatable bonds is 3. The summed E-state index contributed by atoms with van der Waals surface area (Å²) >= 11 is 0. The van der Waals surface area contributed by atoms with Crippen molar-refractivity contribution in [3.8, 4) is 5.75 Å². The number of aliphatic hydroxyl groups is 1. The molecular formula is C28H27FN2O2. The fourth-order valence-corrected chi connectivity index (χ4v) is 6.18. The molecule has 0 radical (unpaired) electrons. The van der Waals surface area contributed by atoms with Crippen LogP contribution < -0.4 is 0 Å². The quantitative estimate of drug-likeness (QED) is 0.432. The van der Waals surface area contributed by atoms with Gasteiger partial charge in [0.05, 0.1) is 5.60 Å². The Balaban J connectivity index is 1.46. The highest BCUT2D eigenvalue weighted by Gasteiger charge is 2.57. The van der Waals surface area contributed by atoms with E-state index >= 15 is 0 Å². The van der Waals surface area contributed by atoms with E-state index in [1.54, 1.807) is 24.3 Å². The van der Waals surface area contributed by atoms with Gasteiger partial charge in [0.15, 0.2) is 0 Å². The van der Waals surface area contributed by atoms with Crippen LogP contribution in [0.1, 0.15) is 28.8 Å². The van der Waals surface area contributed by atoms with Crippen LogP contribution in [0, 0.1) is 5.82 Å². The smallest absolute Gasteiger partial charge is 0.123 e. The molecule has 1 aliphatic carbocycles. The summed E-state index contributed by atoms with van der Waals surface area (Å²) < 4.78 is 14.1. The first-order valence-corrected chi connectivity index (χ1v) is 11.5. The van der Waals surface area contributed by atoms with Crippen LogP contribution in [0.5, 0.6) is 5.75 Å². The molecular weight excluding hydrogens is 415 g/mol. The fourth-order valence-electron chi connectivity index (χ4n) is 6.18. The number of halogens is 1. The van der Waals surface area contributed by atoms with E-state index in [0.29, 0.717) is 19.4 Å². The van der Waals surface area contributed by atoms with Gasteiger partial charge < -0.3 is 15.2 Å². The van der Waals surface area contributed by atoms with Gasteiger partial charge in [0.1, 0.15) is 11.6 Å². The molecule has 0 bridgehead atoms. The molecule has 1 fully saturated rings. The number of H-pyrrole nitrogens is 1. The lowest BCUT2D eigenvalue weighted by Crippen LogP contribution is -2.66. The van der Waals surface area contributed by atoms with Gasteiger partial charge in [-0.3, -0.25) is 4.90 Å². The molecule has 2 heterocycles. The van der Waals surface area contributed by atoms with Crippen LogP contribution in [0.2, 0.25) is 0 Å². The fraction of sp³-hybridized carbons (Fsp3) is 0.286. The third-order valence-corrected chi connectivity index (χ3v) is 7.78. The zero-order valence-corrected chi connectivity index (χ0v) is 18.4. The van der Waals surface area contributed by atoms with Crippen molar-refractivity contribution in [3.05, 3.63) is 101 Å². The molecule has 2 atom stereocenters. The van der Waals surface area contributed by atoms with Crippen LogP contribution in [0.15, 0.2) is 72.8 Å². The van der Waals surface area contributed by atoms with E-state index in [1.165, 1.54) is 11.6 Å².